The normalized spacial score (nSPS) is 9.92. The Morgan fingerprint density at radius 3 is 2.67 bits per heavy atom. The molecular weight excluding hydrogens is 175 g/mol. The number of hydrogen-bond donors (Lipinski definition) is 0. The highest BCUT2D eigenvalue weighted by Crippen LogP contribution is 2.23. The lowest BCUT2D eigenvalue weighted by Crippen LogP contribution is -1.86. The van der Waals surface area contributed by atoms with Crippen molar-refractivity contribution in [2.45, 2.75) is 18.7 Å². The van der Waals surface area contributed by atoms with Gasteiger partial charge in [0.15, 0.2) is 5.12 Å². The molecule has 1 rings (SSSR count). The minimum absolute atomic E-state index is 0.0182. The van der Waals surface area contributed by atoms with Gasteiger partial charge in [0, 0.05) is 11.8 Å². The third-order valence-electron chi connectivity index (χ3n) is 1.39. The minimum atomic E-state index is -0.264. The molecule has 0 radical (unpaired) electrons. The molecule has 0 aliphatic rings. The van der Waals surface area contributed by atoms with Crippen LogP contribution in [0.1, 0.15) is 12.5 Å². The van der Waals surface area contributed by atoms with Gasteiger partial charge in [-0.25, -0.2) is 4.39 Å². The Morgan fingerprint density at radius 1 is 1.50 bits per heavy atom. The number of benzene rings is 1. The number of aryl methyl sites for hydroxylation is 1. The van der Waals surface area contributed by atoms with Crippen LogP contribution in [0.25, 0.3) is 0 Å². The van der Waals surface area contributed by atoms with E-state index in [9.17, 15) is 9.18 Å². The van der Waals surface area contributed by atoms with Crippen LogP contribution in [-0.4, -0.2) is 5.12 Å². The van der Waals surface area contributed by atoms with E-state index < -0.39 is 0 Å². The summed E-state index contributed by atoms with van der Waals surface area (Å²) in [6, 6.07) is 4.40. The van der Waals surface area contributed by atoms with E-state index in [1.165, 1.54) is 19.1 Å². The Kier molecular flexibility index (Phi) is 2.87. The van der Waals surface area contributed by atoms with Crippen LogP contribution >= 0.6 is 11.8 Å². The first kappa shape index (κ1) is 9.26. The smallest absolute Gasteiger partial charge is 0.190 e. The molecular formula is C9H9FOS. The summed E-state index contributed by atoms with van der Waals surface area (Å²) >= 11 is 1.13. The van der Waals surface area contributed by atoms with Crippen LogP contribution in [0.4, 0.5) is 4.39 Å². The zero-order valence-electron chi connectivity index (χ0n) is 6.93. The summed E-state index contributed by atoms with van der Waals surface area (Å²) < 4.78 is 12.6. The van der Waals surface area contributed by atoms with Crippen molar-refractivity contribution < 1.29 is 9.18 Å². The average Bonchev–Trinajstić information content (AvgIpc) is 1.94. The molecule has 0 atom stereocenters. The molecule has 1 aromatic rings. The zero-order chi connectivity index (χ0) is 9.14. The molecule has 0 N–H and O–H groups in total. The Hall–Kier alpha value is -0.830. The molecule has 0 heterocycles. The fraction of sp³-hybridized carbons (Fsp3) is 0.222. The molecule has 0 unspecified atom stereocenters. The molecule has 0 aromatic heterocycles. The largest absolute Gasteiger partial charge is 0.287 e. The highest BCUT2D eigenvalue weighted by Gasteiger charge is 2.02. The second-order valence-corrected chi connectivity index (χ2v) is 3.72. The van der Waals surface area contributed by atoms with Gasteiger partial charge < -0.3 is 0 Å². The first-order valence-electron chi connectivity index (χ1n) is 3.54. The molecule has 0 saturated carbocycles. The van der Waals surface area contributed by atoms with E-state index in [-0.39, 0.29) is 10.9 Å². The maximum atomic E-state index is 12.6. The molecule has 0 bridgehead atoms. The molecule has 0 amide bonds. The van der Waals surface area contributed by atoms with Crippen LogP contribution in [0.2, 0.25) is 0 Å². The van der Waals surface area contributed by atoms with Gasteiger partial charge in [0.25, 0.3) is 0 Å². The maximum Gasteiger partial charge on any atom is 0.190 e. The van der Waals surface area contributed by atoms with Crippen LogP contribution in [0.5, 0.6) is 0 Å². The summed E-state index contributed by atoms with van der Waals surface area (Å²) in [5, 5.41) is 0.0182. The van der Waals surface area contributed by atoms with Gasteiger partial charge in [-0.3, -0.25) is 4.79 Å². The second kappa shape index (κ2) is 3.72. The summed E-state index contributed by atoms with van der Waals surface area (Å²) in [6.07, 6.45) is 0. The summed E-state index contributed by atoms with van der Waals surface area (Å²) in [6.45, 7) is 3.28. The van der Waals surface area contributed by atoms with Gasteiger partial charge in [0.2, 0.25) is 0 Å². The second-order valence-electron chi connectivity index (χ2n) is 2.50. The Labute approximate surface area is 75.0 Å². The fourth-order valence-corrected chi connectivity index (χ4v) is 1.55. The molecule has 64 valence electrons. The molecule has 0 saturated heterocycles. The van der Waals surface area contributed by atoms with Gasteiger partial charge in [0.1, 0.15) is 5.82 Å². The third kappa shape index (κ3) is 2.34. The summed E-state index contributed by atoms with van der Waals surface area (Å²) in [5.41, 5.74) is 0.801. The van der Waals surface area contributed by atoms with Crippen LogP contribution in [0.15, 0.2) is 23.1 Å². The average molecular weight is 184 g/mol. The van der Waals surface area contributed by atoms with Gasteiger partial charge in [0.05, 0.1) is 0 Å². The topological polar surface area (TPSA) is 17.1 Å². The fourth-order valence-electron chi connectivity index (χ4n) is 0.882. The van der Waals surface area contributed by atoms with Gasteiger partial charge in [-0.05, 0) is 30.7 Å². The molecule has 3 heteroatoms. The van der Waals surface area contributed by atoms with Crippen LogP contribution in [0, 0.1) is 12.7 Å². The summed E-state index contributed by atoms with van der Waals surface area (Å²) in [7, 11) is 0. The van der Waals surface area contributed by atoms with Crippen molar-refractivity contribution in [3.8, 4) is 0 Å². The van der Waals surface area contributed by atoms with Gasteiger partial charge in [-0.2, -0.15) is 0 Å². The van der Waals surface area contributed by atoms with Crippen molar-refractivity contribution in [3.63, 3.8) is 0 Å². The van der Waals surface area contributed by atoms with Crippen molar-refractivity contribution in [3.05, 3.63) is 29.6 Å². The van der Waals surface area contributed by atoms with E-state index in [0.717, 1.165) is 22.2 Å². The summed E-state index contributed by atoms with van der Waals surface area (Å²) in [4.78, 5) is 11.5. The lowest BCUT2D eigenvalue weighted by atomic mass is 10.2. The van der Waals surface area contributed by atoms with Crippen molar-refractivity contribution >= 4 is 16.9 Å². The lowest BCUT2D eigenvalue weighted by molar-refractivity contribution is -0.109. The standard InChI is InChI=1S/C9H9FOS/c1-6-5-8(10)3-4-9(6)12-7(2)11/h3-5H,1-2H3. The monoisotopic (exact) mass is 184 g/mol. The summed E-state index contributed by atoms with van der Waals surface area (Å²) in [5.74, 6) is -0.264. The van der Waals surface area contributed by atoms with E-state index in [1.807, 2.05) is 0 Å². The van der Waals surface area contributed by atoms with E-state index >= 15 is 0 Å². The quantitative estimate of drug-likeness (QED) is 0.624. The molecule has 12 heavy (non-hydrogen) atoms. The molecule has 1 nitrogen and oxygen atoms in total. The Morgan fingerprint density at radius 2 is 2.17 bits per heavy atom. The first-order chi connectivity index (χ1) is 5.59. The van der Waals surface area contributed by atoms with Crippen molar-refractivity contribution in [1.82, 2.24) is 0 Å². The highest BCUT2D eigenvalue weighted by atomic mass is 32.2. The number of carbonyl (C=O) groups excluding carboxylic acids is 1. The minimum Gasteiger partial charge on any atom is -0.287 e. The lowest BCUT2D eigenvalue weighted by Gasteiger charge is -2.01. The number of halogens is 1. The number of thioether (sulfide) groups is 1. The van der Waals surface area contributed by atoms with E-state index in [1.54, 1.807) is 13.0 Å². The predicted molar refractivity (Wildman–Crippen MR) is 47.7 cm³/mol. The first-order valence-corrected chi connectivity index (χ1v) is 4.36. The molecule has 0 spiro atoms. The van der Waals surface area contributed by atoms with E-state index in [0.29, 0.717) is 0 Å². The Balaban J connectivity index is 2.93. The van der Waals surface area contributed by atoms with Gasteiger partial charge in [-0.15, -0.1) is 0 Å². The third-order valence-corrected chi connectivity index (χ3v) is 2.36. The van der Waals surface area contributed by atoms with Crippen molar-refractivity contribution in [2.24, 2.45) is 0 Å². The number of hydrogen-bond acceptors (Lipinski definition) is 2. The van der Waals surface area contributed by atoms with Gasteiger partial charge in [-0.1, -0.05) is 11.8 Å². The number of rotatable bonds is 1. The van der Waals surface area contributed by atoms with Crippen LogP contribution in [0.3, 0.4) is 0 Å². The van der Waals surface area contributed by atoms with Crippen LogP contribution in [-0.2, 0) is 4.79 Å². The van der Waals surface area contributed by atoms with Gasteiger partial charge >= 0.3 is 0 Å². The number of carbonyl (C=O) groups is 1. The van der Waals surface area contributed by atoms with Crippen molar-refractivity contribution in [2.75, 3.05) is 0 Å². The molecule has 0 aliphatic carbocycles. The highest BCUT2D eigenvalue weighted by molar-refractivity contribution is 8.13. The molecule has 0 fully saturated rings. The van der Waals surface area contributed by atoms with E-state index in [2.05, 4.69) is 0 Å². The molecule has 0 aliphatic heterocycles. The predicted octanol–water partition coefficient (Wildman–Crippen LogP) is 2.77. The maximum absolute atomic E-state index is 12.6. The van der Waals surface area contributed by atoms with Crippen LogP contribution < -0.4 is 0 Å². The van der Waals surface area contributed by atoms with Crippen molar-refractivity contribution in [1.29, 1.82) is 0 Å². The Bertz CT molecular complexity index is 309. The molecule has 1 aromatic carbocycles. The zero-order valence-corrected chi connectivity index (χ0v) is 7.74. The van der Waals surface area contributed by atoms with E-state index in [4.69, 9.17) is 0 Å². The SMILES string of the molecule is CC(=O)Sc1ccc(F)cc1C.